The summed E-state index contributed by atoms with van der Waals surface area (Å²) in [4.78, 5) is 32.3. The Kier molecular flexibility index (Phi) is 7.60. The number of nitrogens with zero attached hydrogens (tertiary/aromatic N) is 7. The predicted molar refractivity (Wildman–Crippen MR) is 140 cm³/mol. The maximum atomic E-state index is 11.9. The number of carboxylic acid groups (broad SMARTS) is 1. The van der Waals surface area contributed by atoms with Crippen molar-refractivity contribution in [3.8, 4) is 17.3 Å². The van der Waals surface area contributed by atoms with Gasteiger partial charge in [-0.25, -0.2) is 14.6 Å². The van der Waals surface area contributed by atoms with Crippen molar-refractivity contribution >= 4 is 45.2 Å². The smallest absolute Gasteiger partial charge is 0.336 e. The van der Waals surface area contributed by atoms with Gasteiger partial charge >= 0.3 is 5.97 Å². The molecule has 0 radical (unpaired) electrons. The van der Waals surface area contributed by atoms with Crippen LogP contribution in [0, 0.1) is 24.8 Å². The normalized spacial score (nSPS) is 11.9. The number of fused-ring (bicyclic) bond motifs is 1. The number of thiophene rings is 1. The summed E-state index contributed by atoms with van der Waals surface area (Å²) in [6.45, 7) is 13.3. The average Bonchev–Trinajstić information content (AvgIpc) is 3.56. The van der Waals surface area contributed by atoms with Crippen LogP contribution in [0.25, 0.3) is 21.7 Å². The number of aromatic carboxylic acids is 1. The van der Waals surface area contributed by atoms with Crippen LogP contribution in [0.5, 0.6) is 0 Å². The van der Waals surface area contributed by atoms with Gasteiger partial charge in [0.25, 0.3) is 0 Å². The summed E-state index contributed by atoms with van der Waals surface area (Å²) in [5.74, 6) is -0.938. The van der Waals surface area contributed by atoms with Crippen molar-refractivity contribution < 1.29 is 14.7 Å². The maximum Gasteiger partial charge on any atom is 0.336 e. The lowest BCUT2D eigenvalue weighted by Crippen LogP contribution is -2.27. The Balaban J connectivity index is 1.82. The molecule has 1 unspecified atom stereocenters. The number of aromatic amines is 1. The Hall–Kier alpha value is -4.88. The zero-order valence-electron chi connectivity index (χ0n) is 20.8. The number of H-pyrrole nitrogens is 1. The van der Waals surface area contributed by atoms with Gasteiger partial charge in [0, 0.05) is 24.4 Å². The van der Waals surface area contributed by atoms with Gasteiger partial charge < -0.3 is 10.4 Å². The molecule has 3 heterocycles. The number of carbonyl (C=O) groups is 2. The molecule has 4 aromatic rings. The maximum absolute atomic E-state index is 11.9. The fourth-order valence-electron chi connectivity index (χ4n) is 3.77. The van der Waals surface area contributed by atoms with Gasteiger partial charge in [0.1, 0.15) is 11.1 Å². The van der Waals surface area contributed by atoms with E-state index >= 15 is 0 Å². The monoisotopic (exact) mass is 529 g/mol. The first-order chi connectivity index (χ1) is 18.3. The lowest BCUT2D eigenvalue weighted by molar-refractivity contribution is -0.121. The third-order valence-corrected chi connectivity index (χ3v) is 6.86. The molecule has 1 amide bonds. The van der Waals surface area contributed by atoms with Crippen molar-refractivity contribution in [1.82, 2.24) is 25.1 Å². The SMILES string of the molecule is [C-]#[N+]c1c(N=Nc2c(-c3ccccc3C(=O)O)[nH]n3nc(C(C)CNC(=O)CCC)nc23)sc(C#N)c1C. The van der Waals surface area contributed by atoms with E-state index in [0.717, 1.165) is 17.8 Å². The van der Waals surface area contributed by atoms with Gasteiger partial charge in [-0.2, -0.15) is 15.0 Å². The van der Waals surface area contributed by atoms with Crippen LogP contribution in [-0.2, 0) is 4.79 Å². The van der Waals surface area contributed by atoms with E-state index in [0.29, 0.717) is 46.1 Å². The van der Waals surface area contributed by atoms with E-state index in [1.54, 1.807) is 25.1 Å². The molecule has 3 aromatic heterocycles. The van der Waals surface area contributed by atoms with Crippen LogP contribution >= 0.6 is 11.3 Å². The molecule has 1 aromatic carbocycles. The molecule has 38 heavy (non-hydrogen) atoms. The molecule has 0 aliphatic heterocycles. The highest BCUT2D eigenvalue weighted by Crippen LogP contribution is 2.43. The van der Waals surface area contributed by atoms with Crippen molar-refractivity contribution in [2.24, 2.45) is 10.2 Å². The quantitative estimate of drug-likeness (QED) is 0.187. The molecule has 3 N–H and O–H groups in total. The summed E-state index contributed by atoms with van der Waals surface area (Å²) in [5.41, 5.74) is 2.00. The largest absolute Gasteiger partial charge is 0.478 e. The minimum absolute atomic E-state index is 0.0428. The minimum atomic E-state index is -1.12. The van der Waals surface area contributed by atoms with E-state index in [1.165, 1.54) is 10.7 Å². The average molecular weight is 530 g/mol. The van der Waals surface area contributed by atoms with Gasteiger partial charge in [-0.1, -0.05) is 32.0 Å². The highest BCUT2D eigenvalue weighted by Gasteiger charge is 2.24. The minimum Gasteiger partial charge on any atom is -0.478 e. The number of hydrogen-bond donors (Lipinski definition) is 3. The van der Waals surface area contributed by atoms with E-state index in [4.69, 9.17) is 6.57 Å². The number of carbonyl (C=O) groups excluding carboxylic acids is 1. The van der Waals surface area contributed by atoms with E-state index < -0.39 is 5.97 Å². The fraction of sp³-hybridized carbons (Fsp3) is 0.280. The summed E-state index contributed by atoms with van der Waals surface area (Å²) in [7, 11) is 0. The van der Waals surface area contributed by atoms with E-state index in [9.17, 15) is 20.0 Å². The summed E-state index contributed by atoms with van der Waals surface area (Å²) < 4.78 is 1.39. The van der Waals surface area contributed by atoms with Crippen molar-refractivity contribution in [3.05, 3.63) is 57.5 Å². The van der Waals surface area contributed by atoms with Crippen LogP contribution in [0.2, 0.25) is 0 Å². The number of hydrogen-bond acceptors (Lipinski definition) is 8. The summed E-state index contributed by atoms with van der Waals surface area (Å²) >= 11 is 1.05. The molecule has 12 nitrogen and oxygen atoms in total. The lowest BCUT2D eigenvalue weighted by atomic mass is 10.0. The van der Waals surface area contributed by atoms with Gasteiger partial charge in [0.15, 0.2) is 11.5 Å². The van der Waals surface area contributed by atoms with Gasteiger partial charge in [-0.05, 0) is 25.0 Å². The molecule has 0 aliphatic carbocycles. The molecular formula is C25H23N9O3S. The second-order valence-corrected chi connectivity index (χ2v) is 9.48. The van der Waals surface area contributed by atoms with Crippen LogP contribution in [0.15, 0.2) is 34.5 Å². The first-order valence-electron chi connectivity index (χ1n) is 11.7. The molecule has 0 saturated carbocycles. The van der Waals surface area contributed by atoms with Crippen LogP contribution in [0.1, 0.15) is 59.2 Å². The Morgan fingerprint density at radius 1 is 1.37 bits per heavy atom. The first kappa shape index (κ1) is 26.2. The van der Waals surface area contributed by atoms with Gasteiger partial charge in [0.05, 0.1) is 22.7 Å². The van der Waals surface area contributed by atoms with Crippen LogP contribution in [0.4, 0.5) is 16.4 Å². The zero-order chi connectivity index (χ0) is 27.4. The van der Waals surface area contributed by atoms with E-state index in [1.807, 2.05) is 13.8 Å². The lowest BCUT2D eigenvalue weighted by Gasteiger charge is -2.09. The van der Waals surface area contributed by atoms with Crippen LogP contribution in [0.3, 0.4) is 0 Å². The number of amides is 1. The topological polar surface area (TPSA) is 165 Å². The predicted octanol–water partition coefficient (Wildman–Crippen LogP) is 5.65. The van der Waals surface area contributed by atoms with E-state index in [-0.39, 0.29) is 33.8 Å². The molecule has 4 rings (SSSR count). The van der Waals surface area contributed by atoms with Gasteiger partial charge in [-0.3, -0.25) is 9.89 Å². The van der Waals surface area contributed by atoms with Crippen molar-refractivity contribution in [2.45, 2.75) is 39.5 Å². The molecule has 13 heteroatoms. The van der Waals surface area contributed by atoms with Crippen molar-refractivity contribution in [2.75, 3.05) is 6.54 Å². The Morgan fingerprint density at radius 3 is 2.82 bits per heavy atom. The summed E-state index contributed by atoms with van der Waals surface area (Å²) in [6, 6.07) is 8.48. The molecule has 0 fully saturated rings. The molecule has 192 valence electrons. The number of benzene rings is 1. The third kappa shape index (κ3) is 5.00. The summed E-state index contributed by atoms with van der Waals surface area (Å²) in [5, 5.41) is 38.4. The number of nitriles is 1. The Labute approximate surface area is 221 Å². The zero-order valence-corrected chi connectivity index (χ0v) is 21.6. The van der Waals surface area contributed by atoms with Crippen LogP contribution in [-0.4, -0.2) is 43.3 Å². The number of rotatable bonds is 9. The molecule has 0 spiro atoms. The number of aromatic nitrogens is 4. The number of azo groups is 1. The first-order valence-corrected chi connectivity index (χ1v) is 12.5. The highest BCUT2D eigenvalue weighted by molar-refractivity contribution is 7.17. The Morgan fingerprint density at radius 2 is 2.13 bits per heavy atom. The van der Waals surface area contributed by atoms with Gasteiger partial charge in [0.2, 0.25) is 17.2 Å². The molecule has 1 atom stereocenters. The third-order valence-electron chi connectivity index (χ3n) is 5.79. The van der Waals surface area contributed by atoms with Crippen molar-refractivity contribution in [3.63, 3.8) is 0 Å². The number of nitrogens with one attached hydrogen (secondary N) is 2. The second kappa shape index (κ2) is 11.0. The van der Waals surface area contributed by atoms with Crippen molar-refractivity contribution in [1.29, 1.82) is 5.26 Å². The summed E-state index contributed by atoms with van der Waals surface area (Å²) in [6.07, 6.45) is 1.18. The fourth-order valence-corrected chi connectivity index (χ4v) is 4.64. The number of carboxylic acids is 1. The molecule has 0 bridgehead atoms. The van der Waals surface area contributed by atoms with E-state index in [2.05, 4.69) is 41.6 Å². The Bertz CT molecular complexity index is 1650. The standard InChI is InChI=1S/C25H23N9O3S/c1-5-8-18(35)28-12-13(2)22-29-23-21(30-31-24-19(27-4)14(3)17(11-26)38-24)20(32-34(23)33-22)15-9-6-7-10-16(15)25(36)37/h6-7,9-10,13,32H,5,8,12H2,1-3H3,(H,28,35)(H,36,37). The highest BCUT2D eigenvalue weighted by atomic mass is 32.1. The molecule has 0 saturated heterocycles. The van der Waals surface area contributed by atoms with Crippen LogP contribution < -0.4 is 5.32 Å². The van der Waals surface area contributed by atoms with Gasteiger partial charge in [-0.15, -0.1) is 21.5 Å². The molecular weight excluding hydrogens is 506 g/mol. The second-order valence-electron chi connectivity index (χ2n) is 8.48. The molecule has 0 aliphatic rings.